The molecular formula is C20H29F2N5O. The van der Waals surface area contributed by atoms with Crippen LogP contribution in [0, 0.1) is 11.2 Å². The largest absolute Gasteiger partial charge is 0.309 e. The summed E-state index contributed by atoms with van der Waals surface area (Å²) in [5.74, 6) is 3.21. The molecule has 0 aliphatic carbocycles. The van der Waals surface area contributed by atoms with Gasteiger partial charge < -0.3 is 15.6 Å². The molecule has 4 N–H and O–H groups in total. The number of halogens is 2. The fourth-order valence-corrected chi connectivity index (χ4v) is 3.41. The molecule has 1 aromatic rings. The van der Waals surface area contributed by atoms with Crippen molar-refractivity contribution in [3.8, 4) is 0 Å². The molecule has 1 aliphatic rings. The van der Waals surface area contributed by atoms with Gasteiger partial charge >= 0.3 is 0 Å². The van der Waals surface area contributed by atoms with Crippen molar-refractivity contribution in [2.45, 2.75) is 39.5 Å². The molecule has 28 heavy (non-hydrogen) atoms. The second-order valence-corrected chi connectivity index (χ2v) is 7.93. The maximum Gasteiger partial charge on any atom is 0.226 e. The molecule has 154 valence electrons. The summed E-state index contributed by atoms with van der Waals surface area (Å²) in [7, 11) is 0. The molecular weight excluding hydrogens is 364 g/mol. The van der Waals surface area contributed by atoms with Crippen LogP contribution in [0.15, 0.2) is 36.7 Å². The lowest BCUT2D eigenvalue weighted by Gasteiger charge is -2.34. The number of likely N-dealkylation sites (tertiary alicyclic amines) is 1. The fourth-order valence-electron chi connectivity index (χ4n) is 3.41. The molecule has 0 bridgehead atoms. The number of nitrogens with one attached hydrogen (secondary N) is 2. The van der Waals surface area contributed by atoms with Gasteiger partial charge in [0, 0.05) is 30.3 Å². The second kappa shape index (κ2) is 9.75. The number of carbonyl (C=O) groups excluding carboxylic acids is 1. The van der Waals surface area contributed by atoms with Crippen LogP contribution in [-0.4, -0.2) is 35.4 Å². The lowest BCUT2D eigenvalue weighted by atomic mass is 9.87. The molecule has 0 radical (unpaired) electrons. The summed E-state index contributed by atoms with van der Waals surface area (Å²) in [5.41, 5.74) is 1.90. The SMILES string of the molecule is C=C(/C(F)=C(\NN)NC(=O)CC(C)(C)CN1CCCCC1)c1cncc(F)c1. The number of piperidine rings is 1. The number of nitrogens with two attached hydrogens (primary N) is 1. The van der Waals surface area contributed by atoms with Crippen molar-refractivity contribution >= 4 is 11.5 Å². The number of aromatic nitrogens is 1. The van der Waals surface area contributed by atoms with Crippen LogP contribution in [0.25, 0.3) is 5.57 Å². The van der Waals surface area contributed by atoms with E-state index < -0.39 is 11.6 Å². The molecule has 1 aromatic heterocycles. The Bertz CT molecular complexity index is 742. The van der Waals surface area contributed by atoms with Crippen molar-refractivity contribution in [2.75, 3.05) is 19.6 Å². The van der Waals surface area contributed by atoms with Crippen molar-refractivity contribution in [2.24, 2.45) is 11.3 Å². The van der Waals surface area contributed by atoms with E-state index in [-0.39, 0.29) is 34.7 Å². The Kier molecular flexibility index (Phi) is 7.65. The highest BCUT2D eigenvalue weighted by molar-refractivity contribution is 5.81. The van der Waals surface area contributed by atoms with Gasteiger partial charge in [0.05, 0.1) is 6.20 Å². The van der Waals surface area contributed by atoms with Gasteiger partial charge in [0.15, 0.2) is 11.6 Å². The minimum absolute atomic E-state index is 0.132. The normalized spacial score (nSPS) is 16.3. The van der Waals surface area contributed by atoms with Crippen LogP contribution < -0.4 is 16.6 Å². The molecule has 6 nitrogen and oxygen atoms in total. The van der Waals surface area contributed by atoms with Crippen molar-refractivity contribution in [3.05, 3.63) is 48.1 Å². The van der Waals surface area contributed by atoms with Gasteiger partial charge in [-0.25, -0.2) is 14.6 Å². The Morgan fingerprint density at radius 1 is 1.32 bits per heavy atom. The topological polar surface area (TPSA) is 83.3 Å². The molecule has 2 rings (SSSR count). The smallest absolute Gasteiger partial charge is 0.226 e. The highest BCUT2D eigenvalue weighted by Gasteiger charge is 2.27. The van der Waals surface area contributed by atoms with Crippen molar-refractivity contribution in [1.82, 2.24) is 20.6 Å². The molecule has 2 heterocycles. The van der Waals surface area contributed by atoms with Crippen molar-refractivity contribution in [3.63, 3.8) is 0 Å². The summed E-state index contributed by atoms with van der Waals surface area (Å²) in [4.78, 5) is 18.5. The molecule has 0 spiro atoms. The van der Waals surface area contributed by atoms with Crippen LogP contribution in [0.3, 0.4) is 0 Å². The first-order valence-corrected chi connectivity index (χ1v) is 9.40. The number of hydrogen-bond acceptors (Lipinski definition) is 5. The molecule has 1 aliphatic heterocycles. The first-order chi connectivity index (χ1) is 13.2. The molecule has 0 unspecified atom stereocenters. The number of amides is 1. The number of pyridine rings is 1. The number of rotatable bonds is 8. The first-order valence-electron chi connectivity index (χ1n) is 9.40. The van der Waals surface area contributed by atoms with Crippen LogP contribution in [0.4, 0.5) is 8.78 Å². The lowest BCUT2D eigenvalue weighted by Crippen LogP contribution is -2.42. The van der Waals surface area contributed by atoms with E-state index in [4.69, 9.17) is 5.84 Å². The number of hydrogen-bond donors (Lipinski definition) is 3. The van der Waals surface area contributed by atoms with Gasteiger partial charge in [-0.05, 0) is 37.4 Å². The van der Waals surface area contributed by atoms with E-state index in [1.807, 2.05) is 13.8 Å². The first kappa shape index (κ1) is 22.0. The summed E-state index contributed by atoms with van der Waals surface area (Å²) in [6.45, 7) is 10.5. The highest BCUT2D eigenvalue weighted by atomic mass is 19.1. The Balaban J connectivity index is 2.02. The maximum absolute atomic E-state index is 14.7. The zero-order valence-corrected chi connectivity index (χ0v) is 16.5. The maximum atomic E-state index is 14.7. The van der Waals surface area contributed by atoms with Crippen LogP contribution >= 0.6 is 0 Å². The van der Waals surface area contributed by atoms with Gasteiger partial charge in [-0.3, -0.25) is 9.78 Å². The second-order valence-electron chi connectivity index (χ2n) is 7.93. The quantitative estimate of drug-likeness (QED) is 0.359. The molecule has 0 aromatic carbocycles. The Morgan fingerprint density at radius 2 is 2.00 bits per heavy atom. The standard InChI is InChI=1S/C20H29F2N5O/c1-14(15-9-16(21)12-24-11-15)18(22)19(26-23)25-17(28)10-20(2,3)13-27-7-5-4-6-8-27/h9,11-12,26H,1,4-8,10,13,23H2,2-3H3,(H,25,28)/b19-18+. The Labute approximate surface area is 164 Å². The average Bonchev–Trinajstić information content (AvgIpc) is 2.65. The minimum Gasteiger partial charge on any atom is -0.309 e. The third-order valence-electron chi connectivity index (χ3n) is 4.69. The van der Waals surface area contributed by atoms with Crippen molar-refractivity contribution < 1.29 is 13.6 Å². The van der Waals surface area contributed by atoms with E-state index >= 15 is 0 Å². The Morgan fingerprint density at radius 3 is 2.61 bits per heavy atom. The van der Waals surface area contributed by atoms with E-state index in [0.29, 0.717) is 0 Å². The van der Waals surface area contributed by atoms with Gasteiger partial charge in [0.2, 0.25) is 5.91 Å². The van der Waals surface area contributed by atoms with E-state index in [1.165, 1.54) is 25.5 Å². The van der Waals surface area contributed by atoms with Gasteiger partial charge in [0.25, 0.3) is 0 Å². The Hall–Kier alpha value is -2.32. The van der Waals surface area contributed by atoms with E-state index in [9.17, 15) is 13.6 Å². The predicted octanol–water partition coefficient (Wildman–Crippen LogP) is 2.85. The summed E-state index contributed by atoms with van der Waals surface area (Å²) in [5, 5.41) is 2.46. The van der Waals surface area contributed by atoms with E-state index in [1.54, 1.807) is 0 Å². The molecule has 1 fully saturated rings. The molecule has 0 saturated carbocycles. The monoisotopic (exact) mass is 393 g/mol. The number of carbonyl (C=O) groups is 1. The molecule has 1 saturated heterocycles. The minimum atomic E-state index is -0.878. The summed E-state index contributed by atoms with van der Waals surface area (Å²) in [6, 6.07) is 1.10. The van der Waals surface area contributed by atoms with E-state index in [2.05, 4.69) is 27.2 Å². The molecule has 1 amide bonds. The highest BCUT2D eigenvalue weighted by Crippen LogP contribution is 2.26. The predicted molar refractivity (Wildman–Crippen MR) is 106 cm³/mol. The molecule has 0 atom stereocenters. The summed E-state index contributed by atoms with van der Waals surface area (Å²) >= 11 is 0. The number of nitrogens with zero attached hydrogens (tertiary/aromatic N) is 2. The third-order valence-corrected chi connectivity index (χ3v) is 4.69. The van der Waals surface area contributed by atoms with Crippen molar-refractivity contribution in [1.29, 1.82) is 0 Å². The van der Waals surface area contributed by atoms with Crippen LogP contribution in [-0.2, 0) is 4.79 Å². The van der Waals surface area contributed by atoms with E-state index in [0.717, 1.165) is 31.9 Å². The lowest BCUT2D eigenvalue weighted by molar-refractivity contribution is -0.122. The third kappa shape index (κ3) is 6.38. The van der Waals surface area contributed by atoms with Gasteiger partial charge in [0.1, 0.15) is 5.82 Å². The van der Waals surface area contributed by atoms with Crippen LogP contribution in [0.1, 0.15) is 45.1 Å². The fraction of sp³-hybridized carbons (Fsp3) is 0.500. The van der Waals surface area contributed by atoms with Crippen LogP contribution in [0.2, 0.25) is 0 Å². The van der Waals surface area contributed by atoms with Gasteiger partial charge in [-0.15, -0.1) is 0 Å². The van der Waals surface area contributed by atoms with Gasteiger partial charge in [-0.2, -0.15) is 0 Å². The number of hydrazine groups is 1. The molecule has 8 heteroatoms. The summed E-state index contributed by atoms with van der Waals surface area (Å²) < 4.78 is 28.0. The zero-order valence-electron chi connectivity index (χ0n) is 16.5. The average molecular weight is 393 g/mol. The zero-order chi connectivity index (χ0) is 20.7. The van der Waals surface area contributed by atoms with Gasteiger partial charge in [-0.1, -0.05) is 26.8 Å². The summed E-state index contributed by atoms with van der Waals surface area (Å²) in [6.07, 6.45) is 6.09. The van der Waals surface area contributed by atoms with Crippen LogP contribution in [0.5, 0.6) is 0 Å². The number of allylic oxidation sites excluding steroid dienone is 2.